The minimum atomic E-state index is -0.175. The van der Waals surface area contributed by atoms with Crippen molar-refractivity contribution in [2.24, 2.45) is 0 Å². The van der Waals surface area contributed by atoms with Gasteiger partial charge in [0.1, 0.15) is 5.75 Å². The highest BCUT2D eigenvalue weighted by molar-refractivity contribution is 6.04. The third-order valence-electron chi connectivity index (χ3n) is 4.69. The number of carbonyl (C=O) groups is 1. The van der Waals surface area contributed by atoms with Crippen LogP contribution in [0.4, 0.5) is 5.69 Å². The number of rotatable bonds is 5. The maximum absolute atomic E-state index is 12.4. The lowest BCUT2D eigenvalue weighted by molar-refractivity contribution is 0.102. The molecule has 4 rings (SSSR count). The van der Waals surface area contributed by atoms with Gasteiger partial charge in [0.25, 0.3) is 5.91 Å². The summed E-state index contributed by atoms with van der Waals surface area (Å²) < 4.78 is 5.71. The van der Waals surface area contributed by atoms with Crippen LogP contribution in [0.5, 0.6) is 11.8 Å². The molecule has 1 aromatic heterocycles. The molecule has 0 bridgehead atoms. The Hall–Kier alpha value is -3.99. The molecule has 1 amide bonds. The lowest BCUT2D eigenvalue weighted by Gasteiger charge is -2.08. The lowest BCUT2D eigenvalue weighted by Crippen LogP contribution is -2.11. The van der Waals surface area contributed by atoms with E-state index in [1.807, 2.05) is 49.4 Å². The van der Waals surface area contributed by atoms with E-state index in [2.05, 4.69) is 28.3 Å². The monoisotopic (exact) mass is 395 g/mol. The van der Waals surface area contributed by atoms with Gasteiger partial charge in [-0.25, -0.2) is 9.97 Å². The van der Waals surface area contributed by atoms with Gasteiger partial charge in [0.05, 0.1) is 0 Å². The Bertz CT molecular complexity index is 1170. The summed E-state index contributed by atoms with van der Waals surface area (Å²) in [4.78, 5) is 21.0. The molecule has 0 spiro atoms. The zero-order valence-electron chi connectivity index (χ0n) is 16.8. The molecule has 3 aromatic carbocycles. The molecule has 0 aliphatic heterocycles. The molecule has 4 aromatic rings. The third-order valence-corrected chi connectivity index (χ3v) is 4.69. The number of nitrogens with one attached hydrogen (secondary N) is 1. The van der Waals surface area contributed by atoms with Gasteiger partial charge in [0.15, 0.2) is 0 Å². The summed E-state index contributed by atoms with van der Waals surface area (Å²) in [6.07, 6.45) is 3.49. The summed E-state index contributed by atoms with van der Waals surface area (Å²) in [6, 6.07) is 22.9. The summed E-state index contributed by atoms with van der Waals surface area (Å²) >= 11 is 0. The first kappa shape index (κ1) is 19.3. The Morgan fingerprint density at radius 2 is 1.60 bits per heavy atom. The predicted octanol–water partition coefficient (Wildman–Crippen LogP) is 5.81. The van der Waals surface area contributed by atoms with Gasteiger partial charge in [-0.2, -0.15) is 0 Å². The SMILES string of the molecule is Cc1cccc(NC(=O)c2ccc(Oc3ncc(-c4ccccc4C)cn3)cc2)c1. The smallest absolute Gasteiger partial charge is 0.321 e. The Morgan fingerprint density at radius 3 is 2.30 bits per heavy atom. The van der Waals surface area contributed by atoms with Crippen molar-refractivity contribution in [1.82, 2.24) is 9.97 Å². The van der Waals surface area contributed by atoms with Gasteiger partial charge in [0.2, 0.25) is 0 Å². The number of hydrogen-bond donors (Lipinski definition) is 1. The molecular formula is C25H21N3O2. The van der Waals surface area contributed by atoms with E-state index in [9.17, 15) is 4.79 Å². The Labute approximate surface area is 175 Å². The molecule has 30 heavy (non-hydrogen) atoms. The molecule has 1 N–H and O–H groups in total. The summed E-state index contributed by atoms with van der Waals surface area (Å²) in [5, 5.41) is 2.89. The van der Waals surface area contributed by atoms with E-state index >= 15 is 0 Å². The molecule has 5 nitrogen and oxygen atoms in total. The highest BCUT2D eigenvalue weighted by Crippen LogP contribution is 2.24. The van der Waals surface area contributed by atoms with E-state index in [0.717, 1.165) is 27.9 Å². The lowest BCUT2D eigenvalue weighted by atomic mass is 10.0. The Kier molecular flexibility index (Phi) is 5.52. The van der Waals surface area contributed by atoms with Gasteiger partial charge in [0, 0.05) is 29.2 Å². The van der Waals surface area contributed by atoms with Crippen LogP contribution in [-0.4, -0.2) is 15.9 Å². The van der Waals surface area contributed by atoms with Crippen LogP contribution in [-0.2, 0) is 0 Å². The molecule has 0 saturated heterocycles. The number of anilines is 1. The fraction of sp³-hybridized carbons (Fsp3) is 0.0800. The van der Waals surface area contributed by atoms with E-state index in [-0.39, 0.29) is 11.9 Å². The van der Waals surface area contributed by atoms with Crippen LogP contribution < -0.4 is 10.1 Å². The van der Waals surface area contributed by atoms with E-state index in [1.54, 1.807) is 36.7 Å². The average Bonchev–Trinajstić information content (AvgIpc) is 2.75. The highest BCUT2D eigenvalue weighted by atomic mass is 16.5. The average molecular weight is 395 g/mol. The van der Waals surface area contributed by atoms with Crippen molar-refractivity contribution < 1.29 is 9.53 Å². The van der Waals surface area contributed by atoms with Crippen LogP contribution in [0, 0.1) is 13.8 Å². The van der Waals surface area contributed by atoms with Crippen molar-refractivity contribution in [3.63, 3.8) is 0 Å². The largest absolute Gasteiger partial charge is 0.424 e. The maximum Gasteiger partial charge on any atom is 0.321 e. The van der Waals surface area contributed by atoms with E-state index in [0.29, 0.717) is 11.3 Å². The molecule has 5 heteroatoms. The maximum atomic E-state index is 12.4. The molecular weight excluding hydrogens is 374 g/mol. The first-order valence-corrected chi connectivity index (χ1v) is 9.62. The van der Waals surface area contributed by atoms with Crippen LogP contribution in [0.15, 0.2) is 85.2 Å². The third kappa shape index (κ3) is 4.52. The van der Waals surface area contributed by atoms with Crippen molar-refractivity contribution >= 4 is 11.6 Å². The van der Waals surface area contributed by atoms with Crippen molar-refractivity contribution in [2.45, 2.75) is 13.8 Å². The van der Waals surface area contributed by atoms with Crippen LogP contribution in [0.25, 0.3) is 11.1 Å². The van der Waals surface area contributed by atoms with Gasteiger partial charge in [-0.1, -0.05) is 36.4 Å². The molecule has 0 atom stereocenters. The first-order valence-electron chi connectivity index (χ1n) is 9.62. The molecule has 148 valence electrons. The van der Waals surface area contributed by atoms with Crippen molar-refractivity contribution in [2.75, 3.05) is 5.32 Å². The molecule has 0 fully saturated rings. The number of nitrogens with zero attached hydrogens (tertiary/aromatic N) is 2. The second-order valence-electron chi connectivity index (χ2n) is 7.02. The summed E-state index contributed by atoms with van der Waals surface area (Å²) in [6.45, 7) is 4.04. The first-order chi connectivity index (χ1) is 14.6. The van der Waals surface area contributed by atoms with Crippen LogP contribution >= 0.6 is 0 Å². The van der Waals surface area contributed by atoms with Crippen molar-refractivity contribution in [1.29, 1.82) is 0 Å². The fourth-order valence-corrected chi connectivity index (χ4v) is 3.11. The second-order valence-corrected chi connectivity index (χ2v) is 7.02. The quantitative estimate of drug-likeness (QED) is 0.463. The second kappa shape index (κ2) is 8.57. The van der Waals surface area contributed by atoms with Crippen LogP contribution in [0.2, 0.25) is 0 Å². The van der Waals surface area contributed by atoms with Crippen molar-refractivity contribution in [3.8, 4) is 22.9 Å². The summed E-state index contributed by atoms with van der Waals surface area (Å²) in [5.74, 6) is 0.386. The molecule has 0 unspecified atom stereocenters. The van der Waals surface area contributed by atoms with E-state index in [4.69, 9.17) is 4.74 Å². The zero-order valence-corrected chi connectivity index (χ0v) is 16.8. The minimum Gasteiger partial charge on any atom is -0.424 e. The summed E-state index contributed by atoms with van der Waals surface area (Å²) in [5.41, 5.74) is 5.58. The van der Waals surface area contributed by atoms with Gasteiger partial charge in [-0.15, -0.1) is 0 Å². The molecule has 1 heterocycles. The Morgan fingerprint density at radius 1 is 0.867 bits per heavy atom. The zero-order chi connectivity index (χ0) is 20.9. The molecule has 0 saturated carbocycles. The number of hydrogen-bond acceptors (Lipinski definition) is 4. The van der Waals surface area contributed by atoms with Gasteiger partial charge in [-0.05, 0) is 66.9 Å². The van der Waals surface area contributed by atoms with E-state index in [1.165, 1.54) is 0 Å². The van der Waals surface area contributed by atoms with E-state index < -0.39 is 0 Å². The normalized spacial score (nSPS) is 10.5. The number of carbonyl (C=O) groups excluding carboxylic acids is 1. The fourth-order valence-electron chi connectivity index (χ4n) is 3.11. The predicted molar refractivity (Wildman–Crippen MR) is 118 cm³/mol. The van der Waals surface area contributed by atoms with Crippen molar-refractivity contribution in [3.05, 3.63) is 102 Å². The number of aryl methyl sites for hydroxylation is 2. The number of benzene rings is 3. The van der Waals surface area contributed by atoms with Gasteiger partial charge < -0.3 is 10.1 Å². The number of amides is 1. The molecule has 0 aliphatic rings. The topological polar surface area (TPSA) is 64.1 Å². The molecule has 0 aliphatic carbocycles. The Balaban J connectivity index is 1.42. The van der Waals surface area contributed by atoms with Crippen LogP contribution in [0.1, 0.15) is 21.5 Å². The number of ether oxygens (including phenoxy) is 1. The highest BCUT2D eigenvalue weighted by Gasteiger charge is 2.08. The van der Waals surface area contributed by atoms with Gasteiger partial charge >= 0.3 is 6.01 Å². The van der Waals surface area contributed by atoms with Gasteiger partial charge in [-0.3, -0.25) is 4.79 Å². The minimum absolute atomic E-state index is 0.175. The standard InChI is InChI=1S/C25H21N3O2/c1-17-6-5-8-21(14-17)28-24(29)19-10-12-22(13-11-19)30-25-26-15-20(16-27-25)23-9-4-3-7-18(23)2/h3-16H,1-2H3,(H,28,29). The molecule has 0 radical (unpaired) electrons. The number of aromatic nitrogens is 2. The van der Waals surface area contributed by atoms with Crippen LogP contribution in [0.3, 0.4) is 0 Å². The summed E-state index contributed by atoms with van der Waals surface area (Å²) in [7, 11) is 0.